The Morgan fingerprint density at radius 1 is 1.09 bits per heavy atom. The molecule has 0 saturated carbocycles. The molecule has 0 spiro atoms. The summed E-state index contributed by atoms with van der Waals surface area (Å²) < 4.78 is 43.9. The van der Waals surface area contributed by atoms with Gasteiger partial charge in [-0.3, -0.25) is 29.6 Å². The van der Waals surface area contributed by atoms with Gasteiger partial charge in [-0.05, 0) is 31.2 Å². The third-order valence-corrected chi connectivity index (χ3v) is 4.86. The molecule has 0 bridgehead atoms. The molecule has 0 aromatic heterocycles. The zero-order valence-corrected chi connectivity index (χ0v) is 17.4. The first kappa shape index (κ1) is 23.8. The van der Waals surface area contributed by atoms with Gasteiger partial charge in [0.05, 0.1) is 23.7 Å². The molecule has 1 fully saturated rings. The number of amides is 3. The number of nitrogens with zero attached hydrogens (tertiary/aromatic N) is 1. The van der Waals surface area contributed by atoms with E-state index in [1.807, 2.05) is 6.92 Å². The van der Waals surface area contributed by atoms with Gasteiger partial charge >= 0.3 is 12.1 Å². The molecule has 11 heteroatoms. The fraction of sp³-hybridized carbons (Fsp3) is 0.273. The van der Waals surface area contributed by atoms with Crippen LogP contribution in [0, 0.1) is 12.8 Å². The van der Waals surface area contributed by atoms with E-state index in [1.54, 1.807) is 24.3 Å². The third kappa shape index (κ3) is 6.09. The van der Waals surface area contributed by atoms with Gasteiger partial charge in [0, 0.05) is 12.0 Å². The second-order valence-electron chi connectivity index (χ2n) is 7.41. The maximum Gasteiger partial charge on any atom is 0.418 e. The summed E-state index contributed by atoms with van der Waals surface area (Å²) in [7, 11) is 0. The lowest BCUT2D eigenvalue weighted by Crippen LogP contribution is -2.43. The number of alkyl halides is 3. The molecule has 1 aliphatic rings. The molecule has 0 unspecified atom stereocenters. The maximum atomic E-state index is 13.0. The van der Waals surface area contributed by atoms with Gasteiger partial charge in [0.25, 0.3) is 11.8 Å². The summed E-state index contributed by atoms with van der Waals surface area (Å²) in [4.78, 5) is 48.6. The van der Waals surface area contributed by atoms with Gasteiger partial charge in [0.15, 0.2) is 6.61 Å². The molecule has 33 heavy (non-hydrogen) atoms. The Kier molecular flexibility index (Phi) is 7.00. The minimum atomic E-state index is -4.67. The lowest BCUT2D eigenvalue weighted by atomic mass is 10.1. The first-order chi connectivity index (χ1) is 15.5. The topological polar surface area (TPSA) is 105 Å². The highest BCUT2D eigenvalue weighted by atomic mass is 19.4. The predicted molar refractivity (Wildman–Crippen MR) is 109 cm³/mol. The van der Waals surface area contributed by atoms with Crippen molar-refractivity contribution in [3.8, 4) is 0 Å². The third-order valence-electron chi connectivity index (χ3n) is 4.86. The summed E-state index contributed by atoms with van der Waals surface area (Å²) in [5.74, 6) is -3.82. The standard InChI is InChI=1S/C22H20F3N3O5/c1-13-6-8-14(9-7-13)20(31)27-28-11-15(10-19(28)30)21(32)33-12-18(29)26-17-5-3-2-4-16(17)22(23,24)25/h2-9,15H,10-12H2,1H3,(H,26,29)(H,27,31)/t15-/m1/s1. The van der Waals surface area contributed by atoms with Crippen molar-refractivity contribution < 1.29 is 37.1 Å². The number of esters is 1. The van der Waals surface area contributed by atoms with Crippen molar-refractivity contribution in [1.82, 2.24) is 10.4 Å². The molecule has 0 aliphatic carbocycles. The van der Waals surface area contributed by atoms with Crippen LogP contribution < -0.4 is 10.7 Å². The van der Waals surface area contributed by atoms with Crippen LogP contribution in [0.4, 0.5) is 18.9 Å². The number of carbonyl (C=O) groups excluding carboxylic acids is 4. The molecule has 2 aromatic carbocycles. The molecule has 8 nitrogen and oxygen atoms in total. The molecule has 174 valence electrons. The van der Waals surface area contributed by atoms with Crippen LogP contribution in [-0.2, 0) is 25.3 Å². The van der Waals surface area contributed by atoms with Crippen LogP contribution in [-0.4, -0.2) is 41.9 Å². The summed E-state index contributed by atoms with van der Waals surface area (Å²) in [6, 6.07) is 11.0. The van der Waals surface area contributed by atoms with Crippen molar-refractivity contribution in [3.05, 3.63) is 65.2 Å². The molecule has 1 atom stereocenters. The highest BCUT2D eigenvalue weighted by Gasteiger charge is 2.37. The van der Waals surface area contributed by atoms with E-state index in [2.05, 4.69) is 10.7 Å². The van der Waals surface area contributed by atoms with E-state index in [-0.39, 0.29) is 13.0 Å². The highest BCUT2D eigenvalue weighted by molar-refractivity contribution is 5.97. The molecule has 1 aliphatic heterocycles. The van der Waals surface area contributed by atoms with Gasteiger partial charge in [-0.2, -0.15) is 13.2 Å². The number of hydrogen-bond acceptors (Lipinski definition) is 5. The van der Waals surface area contributed by atoms with Crippen molar-refractivity contribution >= 4 is 29.4 Å². The van der Waals surface area contributed by atoms with Crippen molar-refractivity contribution in [2.24, 2.45) is 5.92 Å². The Balaban J connectivity index is 1.51. The number of anilines is 1. The van der Waals surface area contributed by atoms with Crippen LogP contribution in [0.25, 0.3) is 0 Å². The van der Waals surface area contributed by atoms with E-state index in [4.69, 9.17) is 4.74 Å². The molecule has 3 rings (SSSR count). The van der Waals surface area contributed by atoms with Crippen LogP contribution in [0.5, 0.6) is 0 Å². The average Bonchev–Trinajstić information content (AvgIpc) is 3.12. The van der Waals surface area contributed by atoms with Crippen LogP contribution in [0.1, 0.15) is 27.9 Å². The van der Waals surface area contributed by atoms with E-state index in [0.29, 0.717) is 5.56 Å². The molecule has 1 heterocycles. The second-order valence-corrected chi connectivity index (χ2v) is 7.41. The fourth-order valence-electron chi connectivity index (χ4n) is 3.15. The number of halogens is 3. The SMILES string of the molecule is Cc1ccc(C(=O)NN2C[C@H](C(=O)OCC(=O)Nc3ccccc3C(F)(F)F)CC2=O)cc1. The largest absolute Gasteiger partial charge is 0.455 e. The molecular weight excluding hydrogens is 443 g/mol. The quantitative estimate of drug-likeness (QED) is 0.641. The van der Waals surface area contributed by atoms with E-state index < -0.39 is 53.6 Å². The van der Waals surface area contributed by atoms with Crippen molar-refractivity contribution in [3.63, 3.8) is 0 Å². The van der Waals surface area contributed by atoms with E-state index in [1.165, 1.54) is 12.1 Å². The zero-order chi connectivity index (χ0) is 24.2. The van der Waals surface area contributed by atoms with Gasteiger partial charge in [-0.15, -0.1) is 0 Å². The Morgan fingerprint density at radius 3 is 2.42 bits per heavy atom. The van der Waals surface area contributed by atoms with Gasteiger partial charge in [-0.1, -0.05) is 29.8 Å². The number of benzene rings is 2. The number of hydrogen-bond donors (Lipinski definition) is 2. The number of aryl methyl sites for hydroxylation is 1. The molecule has 2 aromatic rings. The lowest BCUT2D eigenvalue weighted by Gasteiger charge is -2.17. The summed E-state index contributed by atoms with van der Waals surface area (Å²) in [5.41, 5.74) is 2.20. The number of hydrazine groups is 1. The highest BCUT2D eigenvalue weighted by Crippen LogP contribution is 2.34. The lowest BCUT2D eigenvalue weighted by molar-refractivity contribution is -0.151. The van der Waals surface area contributed by atoms with E-state index in [0.717, 1.165) is 22.7 Å². The van der Waals surface area contributed by atoms with Crippen molar-refractivity contribution in [2.75, 3.05) is 18.5 Å². The number of ether oxygens (including phenoxy) is 1. The summed E-state index contributed by atoms with van der Waals surface area (Å²) >= 11 is 0. The summed E-state index contributed by atoms with van der Waals surface area (Å²) in [6.07, 6.45) is -4.91. The van der Waals surface area contributed by atoms with Crippen LogP contribution in [0.15, 0.2) is 48.5 Å². The van der Waals surface area contributed by atoms with E-state index >= 15 is 0 Å². The Hall–Kier alpha value is -3.89. The van der Waals surface area contributed by atoms with Gasteiger partial charge in [0.2, 0.25) is 5.91 Å². The summed E-state index contributed by atoms with van der Waals surface area (Å²) in [6.45, 7) is 0.872. The average molecular weight is 463 g/mol. The smallest absolute Gasteiger partial charge is 0.418 e. The van der Waals surface area contributed by atoms with Crippen LogP contribution in [0.3, 0.4) is 0 Å². The van der Waals surface area contributed by atoms with Crippen LogP contribution in [0.2, 0.25) is 0 Å². The fourth-order valence-corrected chi connectivity index (χ4v) is 3.15. The second kappa shape index (κ2) is 9.72. The van der Waals surface area contributed by atoms with Crippen molar-refractivity contribution in [1.29, 1.82) is 0 Å². The predicted octanol–water partition coefficient (Wildman–Crippen LogP) is 2.69. The Labute approximate surface area is 186 Å². The number of para-hydroxylation sites is 1. The van der Waals surface area contributed by atoms with Crippen molar-refractivity contribution in [2.45, 2.75) is 19.5 Å². The van der Waals surface area contributed by atoms with Gasteiger partial charge < -0.3 is 10.1 Å². The minimum Gasteiger partial charge on any atom is -0.455 e. The first-order valence-electron chi connectivity index (χ1n) is 9.85. The molecule has 3 amide bonds. The molecule has 1 saturated heterocycles. The molecular formula is C22H20F3N3O5. The first-order valence-corrected chi connectivity index (χ1v) is 9.85. The molecule has 2 N–H and O–H groups in total. The monoisotopic (exact) mass is 463 g/mol. The Bertz CT molecular complexity index is 1070. The Morgan fingerprint density at radius 2 is 1.76 bits per heavy atom. The summed E-state index contributed by atoms with van der Waals surface area (Å²) in [5, 5.41) is 3.05. The normalized spacial score (nSPS) is 15.8. The van der Waals surface area contributed by atoms with Gasteiger partial charge in [0.1, 0.15) is 0 Å². The van der Waals surface area contributed by atoms with E-state index in [9.17, 15) is 32.3 Å². The minimum absolute atomic E-state index is 0.159. The zero-order valence-electron chi connectivity index (χ0n) is 17.4. The number of carbonyl (C=O) groups is 4. The number of rotatable bonds is 6. The van der Waals surface area contributed by atoms with Gasteiger partial charge in [-0.25, -0.2) is 0 Å². The van der Waals surface area contributed by atoms with Crippen LogP contribution >= 0.6 is 0 Å². The maximum absolute atomic E-state index is 13.0. The number of nitrogens with one attached hydrogen (secondary N) is 2. The molecule has 0 radical (unpaired) electrons.